The van der Waals surface area contributed by atoms with E-state index in [0.717, 1.165) is 24.0 Å². The fraction of sp³-hybridized carbons (Fsp3) is 0.353. The van der Waals surface area contributed by atoms with Gasteiger partial charge in [0.05, 0.1) is 34.6 Å². The number of halogens is 2. The average Bonchev–Trinajstić information content (AvgIpc) is 3.47. The van der Waals surface area contributed by atoms with Crippen molar-refractivity contribution in [2.75, 3.05) is 29.7 Å². The largest absolute Gasteiger partial charge is 0.474 e. The van der Waals surface area contributed by atoms with Gasteiger partial charge in [-0.1, -0.05) is 38.5 Å². The van der Waals surface area contributed by atoms with E-state index in [9.17, 15) is 26.8 Å². The predicted molar refractivity (Wildman–Crippen MR) is 179 cm³/mol. The molecule has 1 fully saturated rings. The van der Waals surface area contributed by atoms with E-state index >= 15 is 0 Å². The van der Waals surface area contributed by atoms with E-state index in [1.54, 1.807) is 37.3 Å². The van der Waals surface area contributed by atoms with E-state index < -0.39 is 39.1 Å². The van der Waals surface area contributed by atoms with Crippen LogP contribution in [0.1, 0.15) is 60.9 Å². The van der Waals surface area contributed by atoms with Crippen LogP contribution in [0.2, 0.25) is 0 Å². The van der Waals surface area contributed by atoms with E-state index in [1.165, 1.54) is 9.58 Å². The molecule has 0 saturated carbocycles. The van der Waals surface area contributed by atoms with Crippen LogP contribution in [0.15, 0.2) is 60.7 Å². The summed E-state index contributed by atoms with van der Waals surface area (Å²) in [6, 6.07) is 14.0. The number of urea groups is 1. The van der Waals surface area contributed by atoms with Gasteiger partial charge < -0.3 is 15.0 Å². The third-order valence-corrected chi connectivity index (χ3v) is 8.24. The van der Waals surface area contributed by atoms with Gasteiger partial charge in [-0.3, -0.25) is 4.79 Å². The summed E-state index contributed by atoms with van der Waals surface area (Å²) in [6.45, 7) is 10.0. The topological polar surface area (TPSA) is 136 Å². The number of hydrogen-bond donors (Lipinski definition) is 1. The average molecular weight is 697 g/mol. The number of nitrogens with one attached hydrogen (secondary N) is 1. The molecule has 260 valence electrons. The summed E-state index contributed by atoms with van der Waals surface area (Å²) in [5.74, 6) is -1.84. The summed E-state index contributed by atoms with van der Waals surface area (Å²) in [5, 5.41) is 8.01. The Morgan fingerprint density at radius 3 is 2.24 bits per heavy atom. The highest BCUT2D eigenvalue weighted by atomic mass is 32.2. The Morgan fingerprint density at radius 1 is 0.980 bits per heavy atom. The molecule has 0 atom stereocenters. The van der Waals surface area contributed by atoms with Crippen LogP contribution in [0.3, 0.4) is 0 Å². The molecule has 1 N–H and O–H groups in total. The van der Waals surface area contributed by atoms with Crippen LogP contribution in [0.5, 0.6) is 5.88 Å². The second kappa shape index (κ2) is 13.9. The van der Waals surface area contributed by atoms with Crippen LogP contribution < -0.4 is 15.1 Å². The summed E-state index contributed by atoms with van der Waals surface area (Å²) in [7, 11) is -4.17. The molecule has 12 nitrogen and oxygen atoms in total. The number of benzene rings is 2. The lowest BCUT2D eigenvalue weighted by Gasteiger charge is -2.32. The molecule has 1 aliphatic rings. The van der Waals surface area contributed by atoms with Gasteiger partial charge in [0.1, 0.15) is 17.7 Å². The fourth-order valence-electron chi connectivity index (χ4n) is 5.15. The second-order valence-corrected chi connectivity index (χ2v) is 14.5. The number of aromatic nitrogens is 3. The number of aryl methyl sites for hydroxylation is 2. The summed E-state index contributed by atoms with van der Waals surface area (Å²) in [5.41, 5.74) is 2.21. The number of amides is 3. The minimum absolute atomic E-state index is 0.0641. The molecule has 3 heterocycles. The number of piperidine rings is 1. The zero-order chi connectivity index (χ0) is 35.7. The SMILES string of the molecule is Cc1ccc(-n2nc(C(C)(C)C)cc2N(OS(C)(=O)=O)C(=O)Nc2ccc(OC3CCN(C(=O)c4ccc(F)cc4F)CC3)nc2C)cc1. The Labute approximate surface area is 283 Å². The minimum Gasteiger partial charge on any atom is -0.474 e. The summed E-state index contributed by atoms with van der Waals surface area (Å²) in [4.78, 5) is 32.4. The van der Waals surface area contributed by atoms with Crippen LogP contribution in [-0.4, -0.2) is 65.5 Å². The van der Waals surface area contributed by atoms with Crippen molar-refractivity contribution in [3.05, 3.63) is 94.8 Å². The molecule has 0 spiro atoms. The van der Waals surface area contributed by atoms with Crippen LogP contribution in [-0.2, 0) is 19.8 Å². The lowest BCUT2D eigenvalue weighted by atomic mass is 9.92. The lowest BCUT2D eigenvalue weighted by molar-refractivity contribution is 0.0583. The number of carbonyl (C=O) groups is 2. The first-order valence-electron chi connectivity index (χ1n) is 15.6. The zero-order valence-corrected chi connectivity index (χ0v) is 28.8. The number of likely N-dealkylation sites (tertiary alicyclic amines) is 1. The first-order chi connectivity index (χ1) is 23.0. The maximum atomic E-state index is 14.1. The van der Waals surface area contributed by atoms with Gasteiger partial charge >= 0.3 is 6.03 Å². The van der Waals surface area contributed by atoms with Crippen LogP contribution in [0.4, 0.5) is 25.1 Å². The summed E-state index contributed by atoms with van der Waals surface area (Å²) in [6.07, 6.45) is 1.46. The van der Waals surface area contributed by atoms with Crippen molar-refractivity contribution >= 4 is 33.6 Å². The second-order valence-electron chi connectivity index (χ2n) is 12.9. The maximum Gasteiger partial charge on any atom is 0.353 e. The number of pyridine rings is 1. The van der Waals surface area contributed by atoms with Crippen LogP contribution in [0.25, 0.3) is 5.69 Å². The van der Waals surface area contributed by atoms with Gasteiger partial charge in [0.2, 0.25) is 5.88 Å². The number of carbonyl (C=O) groups excluding carboxylic acids is 2. The van der Waals surface area contributed by atoms with Crippen molar-refractivity contribution in [3.8, 4) is 11.6 Å². The Balaban J connectivity index is 1.31. The lowest BCUT2D eigenvalue weighted by Crippen LogP contribution is -2.42. The van der Waals surface area contributed by atoms with E-state index in [-0.39, 0.29) is 29.1 Å². The third kappa shape index (κ3) is 8.59. The van der Waals surface area contributed by atoms with E-state index in [1.807, 2.05) is 39.8 Å². The number of anilines is 2. The maximum absolute atomic E-state index is 14.1. The van der Waals surface area contributed by atoms with Gasteiger partial charge in [-0.2, -0.15) is 13.5 Å². The van der Waals surface area contributed by atoms with Crippen molar-refractivity contribution in [2.45, 2.75) is 59.0 Å². The molecule has 4 aromatic rings. The molecular weight excluding hydrogens is 658 g/mol. The Bertz CT molecular complexity index is 1970. The minimum atomic E-state index is -4.17. The van der Waals surface area contributed by atoms with Crippen molar-refractivity contribution in [3.63, 3.8) is 0 Å². The predicted octanol–water partition coefficient (Wildman–Crippen LogP) is 6.07. The molecule has 0 bridgehead atoms. The van der Waals surface area contributed by atoms with E-state index in [2.05, 4.69) is 15.4 Å². The molecule has 15 heteroatoms. The molecular formula is C34H38F2N6O6S. The Morgan fingerprint density at radius 2 is 1.65 bits per heavy atom. The van der Waals surface area contributed by atoms with Gasteiger partial charge in [-0.05, 0) is 44.2 Å². The molecule has 3 amide bonds. The van der Waals surface area contributed by atoms with E-state index in [0.29, 0.717) is 54.1 Å². The number of hydrogen-bond acceptors (Lipinski definition) is 8. The highest BCUT2D eigenvalue weighted by Gasteiger charge is 2.31. The number of rotatable bonds is 8. The molecule has 2 aromatic heterocycles. The molecule has 5 rings (SSSR count). The van der Waals surface area contributed by atoms with Gasteiger partial charge in [0.15, 0.2) is 5.82 Å². The van der Waals surface area contributed by atoms with Crippen molar-refractivity contribution in [2.24, 2.45) is 0 Å². The smallest absolute Gasteiger partial charge is 0.353 e. The fourth-order valence-corrected chi connectivity index (χ4v) is 5.57. The zero-order valence-electron chi connectivity index (χ0n) is 28.0. The van der Waals surface area contributed by atoms with E-state index in [4.69, 9.17) is 9.02 Å². The summed E-state index contributed by atoms with van der Waals surface area (Å²) < 4.78 is 64.9. The van der Waals surface area contributed by atoms with Crippen molar-refractivity contribution < 1.29 is 35.8 Å². The van der Waals surface area contributed by atoms with Gasteiger partial charge in [-0.25, -0.2) is 23.2 Å². The Hall–Kier alpha value is -4.89. The first-order valence-corrected chi connectivity index (χ1v) is 17.4. The normalized spacial score (nSPS) is 14.1. The first kappa shape index (κ1) is 35.4. The van der Waals surface area contributed by atoms with Crippen LogP contribution in [0, 0.1) is 25.5 Å². The molecule has 49 heavy (non-hydrogen) atoms. The highest BCUT2D eigenvalue weighted by Crippen LogP contribution is 2.30. The number of nitrogens with zero attached hydrogens (tertiary/aromatic N) is 5. The number of ether oxygens (including phenoxy) is 1. The molecule has 1 aliphatic heterocycles. The quantitative estimate of drug-likeness (QED) is 0.219. The molecule has 2 aromatic carbocycles. The Kier molecular flexibility index (Phi) is 10.1. The van der Waals surface area contributed by atoms with Gasteiger partial charge in [0.25, 0.3) is 16.0 Å². The molecule has 0 radical (unpaired) electrons. The van der Waals surface area contributed by atoms with Gasteiger partial charge in [0, 0.05) is 49.5 Å². The van der Waals surface area contributed by atoms with Crippen LogP contribution >= 0.6 is 0 Å². The van der Waals surface area contributed by atoms with Gasteiger partial charge in [-0.15, -0.1) is 9.35 Å². The molecule has 1 saturated heterocycles. The summed E-state index contributed by atoms with van der Waals surface area (Å²) >= 11 is 0. The molecule has 0 unspecified atom stereocenters. The third-order valence-electron chi connectivity index (χ3n) is 7.82. The number of hydroxylamine groups is 1. The van der Waals surface area contributed by atoms with Crippen molar-refractivity contribution in [1.82, 2.24) is 19.7 Å². The van der Waals surface area contributed by atoms with Crippen molar-refractivity contribution in [1.29, 1.82) is 0 Å². The molecule has 0 aliphatic carbocycles. The highest BCUT2D eigenvalue weighted by molar-refractivity contribution is 7.86. The standard InChI is InChI=1S/C34H38F2N6O6S/c1-21-7-10-24(11-8-21)41-31(20-29(39-41)34(3,4)5)42(48-49(6,45)46)33(44)38-28-13-14-30(37-22(28)2)47-25-15-17-40(18-16-25)32(43)26-12-9-23(35)19-27(26)36/h7-14,19-20,25H,15-18H2,1-6H3,(H,38,44). The monoisotopic (exact) mass is 696 g/mol.